The number of nitrogens with zero attached hydrogens (tertiary/aromatic N) is 3. The van der Waals surface area contributed by atoms with E-state index in [0.717, 1.165) is 6.42 Å². The minimum atomic E-state index is -0.0606. The van der Waals surface area contributed by atoms with Gasteiger partial charge in [0, 0.05) is 13.6 Å². The second kappa shape index (κ2) is 4.97. The molecule has 6 heteroatoms. The summed E-state index contributed by atoms with van der Waals surface area (Å²) in [5.41, 5.74) is 6.70. The van der Waals surface area contributed by atoms with Crippen LogP contribution in [0.25, 0.3) is 0 Å². The fourth-order valence-electron chi connectivity index (χ4n) is 2.28. The van der Waals surface area contributed by atoms with Crippen LogP contribution in [0.5, 0.6) is 0 Å². The largest absolute Gasteiger partial charge is 0.396 e. The molecule has 1 aromatic rings. The van der Waals surface area contributed by atoms with Crippen LogP contribution in [0, 0.1) is 0 Å². The molecule has 1 saturated heterocycles. The van der Waals surface area contributed by atoms with E-state index in [9.17, 15) is 4.79 Å². The van der Waals surface area contributed by atoms with Gasteiger partial charge in [-0.15, -0.1) is 0 Å². The maximum atomic E-state index is 12.5. The van der Waals surface area contributed by atoms with Crippen molar-refractivity contribution in [2.75, 3.05) is 18.9 Å². The number of amides is 1. The zero-order valence-electron chi connectivity index (χ0n) is 11.1. The molecule has 100 valence electrons. The Balaban J connectivity index is 2.26. The van der Waals surface area contributed by atoms with Gasteiger partial charge in [0.1, 0.15) is 5.69 Å². The van der Waals surface area contributed by atoms with Crippen molar-refractivity contribution in [2.45, 2.75) is 32.4 Å². The van der Waals surface area contributed by atoms with E-state index in [1.54, 1.807) is 7.05 Å². The van der Waals surface area contributed by atoms with Gasteiger partial charge in [-0.1, -0.05) is 6.92 Å². The van der Waals surface area contributed by atoms with Crippen LogP contribution in [0.2, 0.25) is 0 Å². The maximum absolute atomic E-state index is 12.5. The van der Waals surface area contributed by atoms with E-state index in [0.29, 0.717) is 24.5 Å². The fourth-order valence-corrected chi connectivity index (χ4v) is 2.28. The molecule has 1 amide bonds. The summed E-state index contributed by atoms with van der Waals surface area (Å²) in [5, 5.41) is 4.01. The highest BCUT2D eigenvalue weighted by Crippen LogP contribution is 2.20. The number of morpholine rings is 1. The molecule has 1 fully saturated rings. The summed E-state index contributed by atoms with van der Waals surface area (Å²) >= 11 is 0. The van der Waals surface area contributed by atoms with Crippen molar-refractivity contribution in [3.05, 3.63) is 11.9 Å². The number of hydrogen-bond acceptors (Lipinski definition) is 4. The van der Waals surface area contributed by atoms with Crippen molar-refractivity contribution in [3.63, 3.8) is 0 Å². The van der Waals surface area contributed by atoms with Crippen molar-refractivity contribution >= 4 is 11.6 Å². The Morgan fingerprint density at radius 3 is 2.94 bits per heavy atom. The molecule has 2 rings (SSSR count). The summed E-state index contributed by atoms with van der Waals surface area (Å²) < 4.78 is 7.12. The third-order valence-electron chi connectivity index (χ3n) is 3.37. The predicted octanol–water partition coefficient (Wildman–Crippen LogP) is 0.642. The first-order valence-electron chi connectivity index (χ1n) is 6.24. The molecule has 1 aliphatic rings. The van der Waals surface area contributed by atoms with Gasteiger partial charge in [-0.05, 0) is 13.3 Å². The summed E-state index contributed by atoms with van der Waals surface area (Å²) in [4.78, 5) is 14.4. The number of hydrogen-bond donors (Lipinski definition) is 1. The second-order valence-corrected chi connectivity index (χ2v) is 4.74. The third-order valence-corrected chi connectivity index (χ3v) is 3.37. The van der Waals surface area contributed by atoms with Gasteiger partial charge < -0.3 is 15.4 Å². The number of nitrogens with two attached hydrogens (primary N) is 1. The maximum Gasteiger partial charge on any atom is 0.274 e. The van der Waals surface area contributed by atoms with Crippen LogP contribution >= 0.6 is 0 Å². The van der Waals surface area contributed by atoms with Gasteiger partial charge in [0.15, 0.2) is 0 Å². The number of carbonyl (C=O) groups is 1. The van der Waals surface area contributed by atoms with E-state index in [1.165, 1.54) is 10.9 Å². The van der Waals surface area contributed by atoms with E-state index in [-0.39, 0.29) is 18.1 Å². The molecule has 18 heavy (non-hydrogen) atoms. The highest BCUT2D eigenvalue weighted by atomic mass is 16.5. The normalized spacial score (nSPS) is 24.3. The van der Waals surface area contributed by atoms with Gasteiger partial charge in [0.05, 0.1) is 30.6 Å². The lowest BCUT2D eigenvalue weighted by molar-refractivity contribution is -0.0447. The molecule has 2 heterocycles. The lowest BCUT2D eigenvalue weighted by Crippen LogP contribution is -2.51. The number of ether oxygens (including phenoxy) is 1. The third kappa shape index (κ3) is 2.20. The van der Waals surface area contributed by atoms with Crippen LogP contribution in [0.3, 0.4) is 0 Å². The van der Waals surface area contributed by atoms with E-state index in [1.807, 2.05) is 11.8 Å². The molecule has 0 spiro atoms. The van der Waals surface area contributed by atoms with Crippen molar-refractivity contribution < 1.29 is 9.53 Å². The second-order valence-electron chi connectivity index (χ2n) is 4.74. The van der Waals surface area contributed by atoms with Gasteiger partial charge >= 0.3 is 0 Å². The first-order valence-corrected chi connectivity index (χ1v) is 6.24. The number of aryl methyl sites for hydroxylation is 1. The average Bonchev–Trinajstić information content (AvgIpc) is 2.68. The molecule has 0 radical (unpaired) electrons. The highest BCUT2D eigenvalue weighted by Gasteiger charge is 2.32. The molecule has 6 nitrogen and oxygen atoms in total. The van der Waals surface area contributed by atoms with Crippen LogP contribution < -0.4 is 5.73 Å². The molecule has 1 aromatic heterocycles. The van der Waals surface area contributed by atoms with E-state index >= 15 is 0 Å². The SMILES string of the molecule is CCC1COC(C)CN1C(=O)c1c(N)cnn1C. The first kappa shape index (κ1) is 12.9. The summed E-state index contributed by atoms with van der Waals surface area (Å²) in [7, 11) is 1.73. The van der Waals surface area contributed by atoms with Gasteiger partial charge in [-0.2, -0.15) is 5.10 Å². The Kier molecular flexibility index (Phi) is 3.56. The smallest absolute Gasteiger partial charge is 0.274 e. The summed E-state index contributed by atoms with van der Waals surface area (Å²) in [6, 6.07) is 0.114. The number of nitrogen functional groups attached to an aromatic ring is 1. The zero-order chi connectivity index (χ0) is 13.3. The predicted molar refractivity (Wildman–Crippen MR) is 68.1 cm³/mol. The Labute approximate surface area is 107 Å². The summed E-state index contributed by atoms with van der Waals surface area (Å²) in [5.74, 6) is -0.0606. The van der Waals surface area contributed by atoms with Crippen molar-refractivity contribution in [3.8, 4) is 0 Å². The van der Waals surface area contributed by atoms with Crippen LogP contribution in [0.15, 0.2) is 6.20 Å². The van der Waals surface area contributed by atoms with Crippen molar-refractivity contribution in [1.82, 2.24) is 14.7 Å². The van der Waals surface area contributed by atoms with E-state index < -0.39 is 0 Å². The van der Waals surface area contributed by atoms with Crippen molar-refractivity contribution in [1.29, 1.82) is 0 Å². The van der Waals surface area contributed by atoms with Gasteiger partial charge in [0.25, 0.3) is 5.91 Å². The average molecular weight is 252 g/mol. The number of carbonyl (C=O) groups excluding carboxylic acids is 1. The van der Waals surface area contributed by atoms with Crippen molar-refractivity contribution in [2.24, 2.45) is 7.05 Å². The van der Waals surface area contributed by atoms with Crippen LogP contribution in [0.1, 0.15) is 30.8 Å². The molecule has 1 aliphatic heterocycles. The van der Waals surface area contributed by atoms with Gasteiger partial charge in [-0.25, -0.2) is 0 Å². The molecule has 0 saturated carbocycles. The van der Waals surface area contributed by atoms with Crippen LogP contribution in [0.4, 0.5) is 5.69 Å². The molecule has 2 atom stereocenters. The summed E-state index contributed by atoms with van der Waals surface area (Å²) in [6.45, 7) is 5.21. The minimum absolute atomic E-state index is 0.0606. The number of aromatic nitrogens is 2. The van der Waals surface area contributed by atoms with E-state index in [4.69, 9.17) is 10.5 Å². The van der Waals surface area contributed by atoms with Crippen LogP contribution in [-0.4, -0.2) is 45.9 Å². The standard InChI is InChI=1S/C12H20N4O2/c1-4-9-7-18-8(2)6-16(9)12(17)11-10(13)5-14-15(11)3/h5,8-9H,4,6-7,13H2,1-3H3. The van der Waals surface area contributed by atoms with Gasteiger partial charge in [-0.3, -0.25) is 9.48 Å². The Morgan fingerprint density at radius 1 is 1.67 bits per heavy atom. The molecule has 0 bridgehead atoms. The molecule has 2 unspecified atom stereocenters. The lowest BCUT2D eigenvalue weighted by atomic mass is 10.1. The highest BCUT2D eigenvalue weighted by molar-refractivity contribution is 5.97. The molecule has 2 N–H and O–H groups in total. The number of anilines is 1. The minimum Gasteiger partial charge on any atom is -0.396 e. The van der Waals surface area contributed by atoms with Crippen LogP contribution in [-0.2, 0) is 11.8 Å². The molecular weight excluding hydrogens is 232 g/mol. The Bertz CT molecular complexity index is 424. The van der Waals surface area contributed by atoms with E-state index in [2.05, 4.69) is 12.0 Å². The van der Waals surface area contributed by atoms with Gasteiger partial charge in [0.2, 0.25) is 0 Å². The molecule has 0 aliphatic carbocycles. The first-order chi connectivity index (χ1) is 8.54. The fraction of sp³-hybridized carbons (Fsp3) is 0.667. The number of rotatable bonds is 2. The molecule has 0 aromatic carbocycles. The topological polar surface area (TPSA) is 73.4 Å². The Morgan fingerprint density at radius 2 is 2.39 bits per heavy atom. The molecular formula is C12H20N4O2. The summed E-state index contributed by atoms with van der Waals surface area (Å²) in [6.07, 6.45) is 2.44. The Hall–Kier alpha value is -1.56. The lowest BCUT2D eigenvalue weighted by Gasteiger charge is -2.38. The monoisotopic (exact) mass is 252 g/mol. The quantitative estimate of drug-likeness (QED) is 0.838. The zero-order valence-corrected chi connectivity index (χ0v) is 11.1.